The van der Waals surface area contributed by atoms with Gasteiger partial charge in [0, 0.05) is 19.6 Å². The standard InChI is InChI=1S/C17H22N4O/c1-3-10-18-16-12-19-15(11-20-16)17(22)21(4-2)13-14-8-6-5-7-9-14/h5-9,11-12H,3-4,10,13H2,1-2H3,(H,18,20). The summed E-state index contributed by atoms with van der Waals surface area (Å²) in [7, 11) is 0. The molecule has 1 heterocycles. The predicted molar refractivity (Wildman–Crippen MR) is 87.7 cm³/mol. The van der Waals surface area contributed by atoms with E-state index in [9.17, 15) is 4.79 Å². The van der Waals surface area contributed by atoms with E-state index in [1.807, 2.05) is 37.3 Å². The van der Waals surface area contributed by atoms with E-state index in [1.54, 1.807) is 11.1 Å². The van der Waals surface area contributed by atoms with Crippen molar-refractivity contribution in [3.63, 3.8) is 0 Å². The third kappa shape index (κ3) is 4.28. The highest BCUT2D eigenvalue weighted by atomic mass is 16.2. The van der Waals surface area contributed by atoms with Gasteiger partial charge in [-0.3, -0.25) is 4.79 Å². The summed E-state index contributed by atoms with van der Waals surface area (Å²) in [4.78, 5) is 22.7. The van der Waals surface area contributed by atoms with Crippen molar-refractivity contribution in [1.82, 2.24) is 14.9 Å². The van der Waals surface area contributed by atoms with Gasteiger partial charge in [-0.1, -0.05) is 37.3 Å². The second-order valence-corrected chi connectivity index (χ2v) is 5.02. The molecule has 0 spiro atoms. The van der Waals surface area contributed by atoms with Gasteiger partial charge in [0.25, 0.3) is 5.91 Å². The van der Waals surface area contributed by atoms with E-state index in [1.165, 1.54) is 6.20 Å². The van der Waals surface area contributed by atoms with Crippen molar-refractivity contribution in [1.29, 1.82) is 0 Å². The van der Waals surface area contributed by atoms with Crippen LogP contribution in [0, 0.1) is 0 Å². The number of anilines is 1. The molecule has 22 heavy (non-hydrogen) atoms. The fraction of sp³-hybridized carbons (Fsp3) is 0.353. The van der Waals surface area contributed by atoms with Crippen molar-refractivity contribution in [3.8, 4) is 0 Å². The van der Waals surface area contributed by atoms with Gasteiger partial charge in [0.2, 0.25) is 0 Å². The molecule has 116 valence electrons. The molecular formula is C17H22N4O. The normalized spacial score (nSPS) is 10.3. The molecule has 1 amide bonds. The fourth-order valence-electron chi connectivity index (χ4n) is 2.08. The maximum atomic E-state index is 12.5. The van der Waals surface area contributed by atoms with Crippen molar-refractivity contribution in [3.05, 3.63) is 54.0 Å². The molecule has 0 fully saturated rings. The molecule has 5 heteroatoms. The average molecular weight is 298 g/mol. The summed E-state index contributed by atoms with van der Waals surface area (Å²) in [6.45, 7) is 6.10. The summed E-state index contributed by atoms with van der Waals surface area (Å²) in [5, 5.41) is 3.14. The van der Waals surface area contributed by atoms with Crippen LogP contribution in [0.3, 0.4) is 0 Å². The molecule has 0 aliphatic rings. The minimum absolute atomic E-state index is 0.0964. The number of rotatable bonds is 7. The smallest absolute Gasteiger partial charge is 0.274 e. The van der Waals surface area contributed by atoms with Gasteiger partial charge in [-0.2, -0.15) is 0 Å². The number of hydrogen-bond acceptors (Lipinski definition) is 4. The summed E-state index contributed by atoms with van der Waals surface area (Å²) in [5.74, 6) is 0.602. The van der Waals surface area contributed by atoms with Gasteiger partial charge in [0.15, 0.2) is 0 Å². The van der Waals surface area contributed by atoms with E-state index < -0.39 is 0 Å². The summed E-state index contributed by atoms with van der Waals surface area (Å²) in [6, 6.07) is 9.94. The molecule has 5 nitrogen and oxygen atoms in total. The molecule has 0 saturated heterocycles. The predicted octanol–water partition coefficient (Wildman–Crippen LogP) is 2.96. The summed E-state index contributed by atoms with van der Waals surface area (Å²) < 4.78 is 0. The van der Waals surface area contributed by atoms with Crippen LogP contribution in [-0.4, -0.2) is 33.9 Å². The molecule has 0 aliphatic heterocycles. The highest BCUT2D eigenvalue weighted by Crippen LogP contribution is 2.09. The first-order valence-electron chi connectivity index (χ1n) is 7.63. The summed E-state index contributed by atoms with van der Waals surface area (Å²) in [6.07, 6.45) is 4.16. The van der Waals surface area contributed by atoms with Gasteiger partial charge < -0.3 is 10.2 Å². The third-order valence-corrected chi connectivity index (χ3v) is 3.31. The lowest BCUT2D eigenvalue weighted by Crippen LogP contribution is -2.31. The average Bonchev–Trinajstić information content (AvgIpc) is 2.58. The molecule has 0 aliphatic carbocycles. The number of carbonyl (C=O) groups is 1. The molecule has 1 aromatic heterocycles. The maximum absolute atomic E-state index is 12.5. The van der Waals surface area contributed by atoms with Gasteiger partial charge in [-0.05, 0) is 18.9 Å². The second kappa shape index (κ2) is 8.12. The van der Waals surface area contributed by atoms with Crippen molar-refractivity contribution < 1.29 is 4.79 Å². The van der Waals surface area contributed by atoms with Gasteiger partial charge >= 0.3 is 0 Å². The van der Waals surface area contributed by atoms with Crippen LogP contribution in [0.2, 0.25) is 0 Å². The molecule has 2 rings (SSSR count). The van der Waals surface area contributed by atoms with Crippen molar-refractivity contribution >= 4 is 11.7 Å². The van der Waals surface area contributed by atoms with Crippen LogP contribution >= 0.6 is 0 Å². The van der Waals surface area contributed by atoms with Crippen molar-refractivity contribution in [2.75, 3.05) is 18.4 Å². The number of carbonyl (C=O) groups excluding carboxylic acids is 1. The van der Waals surface area contributed by atoms with Crippen molar-refractivity contribution in [2.45, 2.75) is 26.8 Å². The van der Waals surface area contributed by atoms with E-state index in [0.717, 1.165) is 18.5 Å². The highest BCUT2D eigenvalue weighted by molar-refractivity contribution is 5.92. The molecule has 2 aromatic rings. The first kappa shape index (κ1) is 15.9. The van der Waals surface area contributed by atoms with Crippen LogP contribution in [-0.2, 0) is 6.54 Å². The van der Waals surface area contributed by atoms with E-state index in [-0.39, 0.29) is 5.91 Å². The lowest BCUT2D eigenvalue weighted by atomic mass is 10.2. The van der Waals surface area contributed by atoms with Crippen LogP contribution in [0.1, 0.15) is 36.3 Å². The Balaban J connectivity index is 2.04. The Morgan fingerprint density at radius 1 is 1.14 bits per heavy atom. The van der Waals surface area contributed by atoms with Crippen LogP contribution in [0.25, 0.3) is 0 Å². The zero-order valence-electron chi connectivity index (χ0n) is 13.1. The number of benzene rings is 1. The molecule has 0 atom stereocenters. The number of nitrogens with one attached hydrogen (secondary N) is 1. The van der Waals surface area contributed by atoms with E-state index in [2.05, 4.69) is 22.2 Å². The zero-order chi connectivity index (χ0) is 15.8. The molecule has 0 unspecified atom stereocenters. The first-order valence-corrected chi connectivity index (χ1v) is 7.63. The van der Waals surface area contributed by atoms with Crippen LogP contribution in [0.5, 0.6) is 0 Å². The Bertz CT molecular complexity index is 583. The monoisotopic (exact) mass is 298 g/mol. The summed E-state index contributed by atoms with van der Waals surface area (Å²) in [5.41, 5.74) is 1.48. The molecule has 1 N–H and O–H groups in total. The SMILES string of the molecule is CCCNc1cnc(C(=O)N(CC)Cc2ccccc2)cn1. The Labute approximate surface area is 131 Å². The molecular weight excluding hydrogens is 276 g/mol. The lowest BCUT2D eigenvalue weighted by molar-refractivity contribution is 0.0746. The zero-order valence-corrected chi connectivity index (χ0v) is 13.1. The first-order chi connectivity index (χ1) is 10.7. The number of hydrogen-bond donors (Lipinski definition) is 1. The second-order valence-electron chi connectivity index (χ2n) is 5.02. The largest absolute Gasteiger partial charge is 0.369 e. The van der Waals surface area contributed by atoms with Gasteiger partial charge in [-0.25, -0.2) is 9.97 Å². The van der Waals surface area contributed by atoms with E-state index >= 15 is 0 Å². The summed E-state index contributed by atoms with van der Waals surface area (Å²) >= 11 is 0. The van der Waals surface area contributed by atoms with Crippen LogP contribution in [0.15, 0.2) is 42.7 Å². The Morgan fingerprint density at radius 2 is 1.91 bits per heavy atom. The minimum atomic E-state index is -0.0964. The fourth-order valence-corrected chi connectivity index (χ4v) is 2.08. The topological polar surface area (TPSA) is 58.1 Å². The third-order valence-electron chi connectivity index (χ3n) is 3.31. The van der Waals surface area contributed by atoms with E-state index in [0.29, 0.717) is 24.6 Å². The van der Waals surface area contributed by atoms with E-state index in [4.69, 9.17) is 0 Å². The van der Waals surface area contributed by atoms with Gasteiger partial charge in [0.1, 0.15) is 11.5 Å². The molecule has 0 saturated carbocycles. The van der Waals surface area contributed by atoms with Crippen LogP contribution < -0.4 is 5.32 Å². The lowest BCUT2D eigenvalue weighted by Gasteiger charge is -2.20. The Hall–Kier alpha value is -2.43. The minimum Gasteiger partial charge on any atom is -0.369 e. The van der Waals surface area contributed by atoms with Gasteiger partial charge in [0.05, 0.1) is 12.4 Å². The number of amides is 1. The Kier molecular flexibility index (Phi) is 5.89. The molecule has 0 radical (unpaired) electrons. The quantitative estimate of drug-likeness (QED) is 0.854. The maximum Gasteiger partial charge on any atom is 0.274 e. The van der Waals surface area contributed by atoms with Gasteiger partial charge in [-0.15, -0.1) is 0 Å². The van der Waals surface area contributed by atoms with Crippen LogP contribution in [0.4, 0.5) is 5.82 Å². The number of aromatic nitrogens is 2. The Morgan fingerprint density at radius 3 is 2.50 bits per heavy atom. The molecule has 0 bridgehead atoms. The highest BCUT2D eigenvalue weighted by Gasteiger charge is 2.16. The van der Waals surface area contributed by atoms with Crippen molar-refractivity contribution in [2.24, 2.45) is 0 Å². The molecule has 1 aromatic carbocycles. The number of nitrogens with zero attached hydrogens (tertiary/aromatic N) is 3.